The van der Waals surface area contributed by atoms with E-state index in [-0.39, 0.29) is 12.5 Å². The first-order valence-electron chi connectivity index (χ1n) is 6.59. The molecule has 0 bridgehead atoms. The number of carboxylic acids is 1. The zero-order valence-electron chi connectivity index (χ0n) is 11.2. The predicted octanol–water partition coefficient (Wildman–Crippen LogP) is 3.06. The Labute approximate surface area is 139 Å². The van der Waals surface area contributed by atoms with Crippen LogP contribution in [0.3, 0.4) is 0 Å². The number of rotatable bonds is 4. The van der Waals surface area contributed by atoms with Crippen LogP contribution in [-0.4, -0.2) is 41.1 Å². The number of piperidine rings is 1. The van der Waals surface area contributed by atoms with E-state index in [0.717, 1.165) is 21.8 Å². The van der Waals surface area contributed by atoms with E-state index in [1.807, 2.05) is 12.1 Å². The van der Waals surface area contributed by atoms with Crippen LogP contribution in [-0.2, 0) is 9.59 Å². The Balaban J connectivity index is 1.98. The number of hydrogen-bond donors (Lipinski definition) is 1. The summed E-state index contributed by atoms with van der Waals surface area (Å²) >= 11 is 6.69. The molecule has 1 aromatic rings. The number of benzene rings is 1. The summed E-state index contributed by atoms with van der Waals surface area (Å²) in [5.41, 5.74) is 0. The summed E-state index contributed by atoms with van der Waals surface area (Å²) in [6.07, 6.45) is 2.17. The minimum atomic E-state index is -0.951. The van der Waals surface area contributed by atoms with Crippen molar-refractivity contribution in [3.8, 4) is 5.75 Å². The smallest absolute Gasteiger partial charge is 0.326 e. The van der Waals surface area contributed by atoms with Gasteiger partial charge in [0, 0.05) is 11.0 Å². The SMILES string of the molecule is O=C(O)[C@@H]1CCCCN1C(=O)COc1ccc(Br)cc1Br. The normalized spacial score (nSPS) is 18.4. The van der Waals surface area contributed by atoms with Crippen LogP contribution >= 0.6 is 31.9 Å². The van der Waals surface area contributed by atoms with Crippen molar-refractivity contribution in [2.75, 3.05) is 13.2 Å². The average Bonchev–Trinajstić information content (AvgIpc) is 2.46. The number of carbonyl (C=O) groups is 2. The second-order valence-electron chi connectivity index (χ2n) is 4.80. The van der Waals surface area contributed by atoms with Crippen LogP contribution in [0.2, 0.25) is 0 Å². The van der Waals surface area contributed by atoms with E-state index in [9.17, 15) is 14.7 Å². The van der Waals surface area contributed by atoms with E-state index < -0.39 is 12.0 Å². The summed E-state index contributed by atoms with van der Waals surface area (Å²) in [6, 6.07) is 4.64. The second-order valence-corrected chi connectivity index (χ2v) is 6.57. The number of amides is 1. The molecule has 0 aliphatic carbocycles. The van der Waals surface area contributed by atoms with Gasteiger partial charge in [-0.3, -0.25) is 4.79 Å². The number of likely N-dealkylation sites (tertiary alicyclic amines) is 1. The summed E-state index contributed by atoms with van der Waals surface area (Å²) in [5, 5.41) is 9.17. The number of halogens is 2. The average molecular weight is 421 g/mol. The van der Waals surface area contributed by atoms with Crippen LogP contribution < -0.4 is 4.74 Å². The number of nitrogens with zero attached hydrogens (tertiary/aromatic N) is 1. The first-order chi connectivity index (χ1) is 9.99. The van der Waals surface area contributed by atoms with Crippen molar-refractivity contribution in [3.05, 3.63) is 27.1 Å². The highest BCUT2D eigenvalue weighted by molar-refractivity contribution is 9.11. The lowest BCUT2D eigenvalue weighted by Crippen LogP contribution is -2.49. The summed E-state index contributed by atoms with van der Waals surface area (Å²) in [7, 11) is 0. The highest BCUT2D eigenvalue weighted by Gasteiger charge is 2.31. The molecule has 1 saturated heterocycles. The van der Waals surface area contributed by atoms with Gasteiger partial charge >= 0.3 is 5.97 Å². The van der Waals surface area contributed by atoms with E-state index in [1.54, 1.807) is 6.07 Å². The van der Waals surface area contributed by atoms with Crippen LogP contribution in [0.5, 0.6) is 5.75 Å². The largest absolute Gasteiger partial charge is 0.483 e. The summed E-state index contributed by atoms with van der Waals surface area (Å²) in [4.78, 5) is 24.8. The molecule has 114 valence electrons. The van der Waals surface area contributed by atoms with Gasteiger partial charge in [-0.15, -0.1) is 0 Å². The van der Waals surface area contributed by atoms with E-state index in [1.165, 1.54) is 4.90 Å². The molecule has 1 amide bonds. The Kier molecular flexibility index (Phi) is 5.64. The standard InChI is InChI=1S/C14H15Br2NO4/c15-9-4-5-12(10(16)7-9)21-8-13(18)17-6-2-1-3-11(17)14(19)20/h4-5,7,11H,1-3,6,8H2,(H,19,20)/t11-/m0/s1. The molecule has 1 aromatic carbocycles. The zero-order valence-corrected chi connectivity index (χ0v) is 14.4. The second kappa shape index (κ2) is 7.26. The van der Waals surface area contributed by atoms with Crippen molar-refractivity contribution in [3.63, 3.8) is 0 Å². The molecule has 1 aliphatic heterocycles. The van der Waals surface area contributed by atoms with Crippen molar-refractivity contribution >= 4 is 43.7 Å². The van der Waals surface area contributed by atoms with E-state index in [2.05, 4.69) is 31.9 Å². The topological polar surface area (TPSA) is 66.8 Å². The van der Waals surface area contributed by atoms with Gasteiger partial charge in [-0.1, -0.05) is 15.9 Å². The fourth-order valence-corrected chi connectivity index (χ4v) is 3.46. The van der Waals surface area contributed by atoms with Gasteiger partial charge in [-0.05, 0) is 53.4 Å². The molecular weight excluding hydrogens is 406 g/mol. The third-order valence-electron chi connectivity index (χ3n) is 3.35. The zero-order chi connectivity index (χ0) is 15.4. The van der Waals surface area contributed by atoms with Crippen molar-refractivity contribution in [2.45, 2.75) is 25.3 Å². The Morgan fingerprint density at radius 1 is 1.33 bits per heavy atom. The molecule has 1 atom stereocenters. The number of aliphatic carboxylic acids is 1. The van der Waals surface area contributed by atoms with Crippen molar-refractivity contribution < 1.29 is 19.4 Å². The quantitative estimate of drug-likeness (QED) is 0.812. The Morgan fingerprint density at radius 3 is 2.76 bits per heavy atom. The van der Waals surface area contributed by atoms with Crippen molar-refractivity contribution in [1.29, 1.82) is 0 Å². The van der Waals surface area contributed by atoms with Crippen LogP contribution in [0.1, 0.15) is 19.3 Å². The highest BCUT2D eigenvalue weighted by Crippen LogP contribution is 2.28. The Morgan fingerprint density at radius 2 is 2.10 bits per heavy atom. The van der Waals surface area contributed by atoms with E-state index in [4.69, 9.17) is 4.74 Å². The van der Waals surface area contributed by atoms with Gasteiger partial charge in [0.05, 0.1) is 4.47 Å². The number of ether oxygens (including phenoxy) is 1. The molecule has 1 aliphatic rings. The van der Waals surface area contributed by atoms with E-state index in [0.29, 0.717) is 18.7 Å². The lowest BCUT2D eigenvalue weighted by molar-refractivity contribution is -0.152. The maximum atomic E-state index is 12.2. The van der Waals surface area contributed by atoms with Gasteiger partial charge in [0.1, 0.15) is 11.8 Å². The number of hydrogen-bond acceptors (Lipinski definition) is 3. The molecule has 0 spiro atoms. The molecule has 21 heavy (non-hydrogen) atoms. The molecule has 1 fully saturated rings. The van der Waals surface area contributed by atoms with Gasteiger partial charge in [-0.25, -0.2) is 4.79 Å². The summed E-state index contributed by atoms with van der Waals surface area (Å²) < 4.78 is 7.12. The van der Waals surface area contributed by atoms with E-state index >= 15 is 0 Å². The van der Waals surface area contributed by atoms with Gasteiger partial charge in [0.15, 0.2) is 6.61 Å². The molecule has 1 heterocycles. The summed E-state index contributed by atoms with van der Waals surface area (Å²) in [6.45, 7) is 0.310. The molecule has 1 N–H and O–H groups in total. The van der Waals surface area contributed by atoms with Crippen LogP contribution in [0.4, 0.5) is 0 Å². The van der Waals surface area contributed by atoms with Crippen LogP contribution in [0, 0.1) is 0 Å². The minimum absolute atomic E-state index is 0.163. The summed E-state index contributed by atoms with van der Waals surface area (Å²) in [5.74, 6) is -0.694. The lowest BCUT2D eigenvalue weighted by Gasteiger charge is -2.32. The third kappa shape index (κ3) is 4.20. The third-order valence-corrected chi connectivity index (χ3v) is 4.47. The lowest BCUT2D eigenvalue weighted by atomic mass is 10.0. The predicted molar refractivity (Wildman–Crippen MR) is 84.3 cm³/mol. The molecule has 5 nitrogen and oxygen atoms in total. The van der Waals surface area contributed by atoms with Gasteiger partial charge in [-0.2, -0.15) is 0 Å². The highest BCUT2D eigenvalue weighted by atomic mass is 79.9. The number of carbonyl (C=O) groups excluding carboxylic acids is 1. The van der Waals surface area contributed by atoms with Gasteiger partial charge in [0.25, 0.3) is 5.91 Å². The van der Waals surface area contributed by atoms with Gasteiger partial charge in [0.2, 0.25) is 0 Å². The van der Waals surface area contributed by atoms with Crippen LogP contribution in [0.15, 0.2) is 27.1 Å². The Bertz CT molecular complexity index is 550. The molecule has 7 heteroatoms. The van der Waals surface area contributed by atoms with Crippen molar-refractivity contribution in [2.24, 2.45) is 0 Å². The maximum Gasteiger partial charge on any atom is 0.326 e. The first kappa shape index (κ1) is 16.3. The van der Waals surface area contributed by atoms with Crippen molar-refractivity contribution in [1.82, 2.24) is 4.90 Å². The monoisotopic (exact) mass is 419 g/mol. The Hall–Kier alpha value is -1.08. The molecule has 0 radical (unpaired) electrons. The van der Waals surface area contributed by atoms with Gasteiger partial charge < -0.3 is 14.7 Å². The van der Waals surface area contributed by atoms with Crippen LogP contribution in [0.25, 0.3) is 0 Å². The maximum absolute atomic E-state index is 12.2. The molecule has 2 rings (SSSR count). The first-order valence-corrected chi connectivity index (χ1v) is 8.18. The molecule has 0 saturated carbocycles. The molecular formula is C14H15Br2NO4. The minimum Gasteiger partial charge on any atom is -0.483 e. The fraction of sp³-hybridized carbons (Fsp3) is 0.429. The molecule has 0 unspecified atom stereocenters. The number of carboxylic acid groups (broad SMARTS) is 1. The fourth-order valence-electron chi connectivity index (χ4n) is 2.30. The molecule has 0 aromatic heterocycles.